The molecule has 0 aliphatic heterocycles. The maximum atomic E-state index is 11.4. The Morgan fingerprint density at radius 1 is 0.769 bits per heavy atom. The van der Waals surface area contributed by atoms with Crippen LogP contribution < -0.4 is 0 Å². The van der Waals surface area contributed by atoms with Gasteiger partial charge in [0.2, 0.25) is 0 Å². The summed E-state index contributed by atoms with van der Waals surface area (Å²) in [6.45, 7) is 10.4. The number of carbonyl (C=O) groups excluding carboxylic acids is 1. The molecule has 0 heterocycles. The molecule has 26 heavy (non-hydrogen) atoms. The van der Waals surface area contributed by atoms with Gasteiger partial charge in [0.25, 0.3) is 0 Å². The summed E-state index contributed by atoms with van der Waals surface area (Å²) in [5, 5.41) is 0. The van der Waals surface area contributed by atoms with Crippen molar-refractivity contribution in [3.63, 3.8) is 0 Å². The van der Waals surface area contributed by atoms with Crippen LogP contribution in [-0.4, -0.2) is 12.6 Å². The first-order chi connectivity index (χ1) is 12.6. The molecule has 0 amide bonds. The summed E-state index contributed by atoms with van der Waals surface area (Å²) in [4.78, 5) is 11.4. The van der Waals surface area contributed by atoms with Gasteiger partial charge in [-0.1, -0.05) is 117 Å². The fraction of sp³-hybridized carbons (Fsp3) is 0.875. The van der Waals surface area contributed by atoms with Crippen LogP contribution in [0.4, 0.5) is 0 Å². The highest BCUT2D eigenvalue weighted by Crippen LogP contribution is 2.17. The lowest BCUT2D eigenvalue weighted by Gasteiger charge is -2.15. The Labute approximate surface area is 164 Å². The van der Waals surface area contributed by atoms with Crippen LogP contribution in [0.25, 0.3) is 0 Å². The molecule has 0 aliphatic carbocycles. The number of hydrogen-bond donors (Lipinski definition) is 0. The molecular weight excluding hydrogens is 320 g/mol. The number of rotatable bonds is 19. The maximum Gasteiger partial charge on any atom is 0.333 e. The molecule has 0 saturated heterocycles. The zero-order chi connectivity index (χ0) is 19.5. The third kappa shape index (κ3) is 16.7. The van der Waals surface area contributed by atoms with E-state index < -0.39 is 0 Å². The third-order valence-electron chi connectivity index (χ3n) is 5.34. The van der Waals surface area contributed by atoms with Gasteiger partial charge in [0.05, 0.1) is 6.61 Å². The number of unbranched alkanes of at least 4 members (excludes halogenated alkanes) is 13. The molecule has 0 aromatic rings. The monoisotopic (exact) mass is 366 g/mol. The Bertz CT molecular complexity index is 335. The van der Waals surface area contributed by atoms with Gasteiger partial charge >= 0.3 is 5.97 Å². The first-order valence-corrected chi connectivity index (χ1v) is 11.4. The first-order valence-electron chi connectivity index (χ1n) is 11.4. The van der Waals surface area contributed by atoms with Crippen molar-refractivity contribution >= 4 is 5.97 Å². The molecule has 0 saturated carbocycles. The van der Waals surface area contributed by atoms with E-state index in [9.17, 15) is 4.79 Å². The second kappa shape index (κ2) is 19.0. The summed E-state index contributed by atoms with van der Waals surface area (Å²) in [5.74, 6) is 0.264. The predicted molar refractivity (Wildman–Crippen MR) is 114 cm³/mol. The number of hydrogen-bond acceptors (Lipinski definition) is 2. The smallest absolute Gasteiger partial charge is 0.333 e. The molecule has 0 radical (unpaired) electrons. The number of ether oxygens (including phenoxy) is 1. The fourth-order valence-corrected chi connectivity index (χ4v) is 3.35. The summed E-state index contributed by atoms with van der Waals surface area (Å²) >= 11 is 0. The van der Waals surface area contributed by atoms with Crippen molar-refractivity contribution < 1.29 is 9.53 Å². The quantitative estimate of drug-likeness (QED) is 0.131. The van der Waals surface area contributed by atoms with Crippen molar-refractivity contribution in [3.8, 4) is 0 Å². The van der Waals surface area contributed by atoms with Crippen LogP contribution in [0.15, 0.2) is 12.2 Å². The van der Waals surface area contributed by atoms with Crippen LogP contribution in [0.2, 0.25) is 0 Å². The molecule has 1 unspecified atom stereocenters. The normalized spacial score (nSPS) is 12.1. The standard InChI is InChI=1S/C24H46O2/c1-5-7-8-9-10-11-12-13-14-15-16-17-18-19-20-23(6-2)21-26-24(25)22(3)4/h23H,3,5-21H2,1-2,4H3. The van der Waals surface area contributed by atoms with E-state index in [-0.39, 0.29) is 5.97 Å². The van der Waals surface area contributed by atoms with E-state index >= 15 is 0 Å². The van der Waals surface area contributed by atoms with Gasteiger partial charge in [-0.15, -0.1) is 0 Å². The Morgan fingerprint density at radius 3 is 1.58 bits per heavy atom. The second-order valence-electron chi connectivity index (χ2n) is 8.04. The van der Waals surface area contributed by atoms with Crippen LogP contribution >= 0.6 is 0 Å². The molecule has 0 aromatic heterocycles. The fourth-order valence-electron chi connectivity index (χ4n) is 3.35. The molecule has 2 nitrogen and oxygen atoms in total. The van der Waals surface area contributed by atoms with Crippen molar-refractivity contribution in [2.45, 2.75) is 124 Å². The first kappa shape index (κ1) is 25.2. The molecule has 0 N–H and O–H groups in total. The van der Waals surface area contributed by atoms with Crippen molar-refractivity contribution in [3.05, 3.63) is 12.2 Å². The number of carbonyl (C=O) groups is 1. The zero-order valence-corrected chi connectivity index (χ0v) is 18.1. The van der Waals surface area contributed by atoms with Crippen molar-refractivity contribution in [1.82, 2.24) is 0 Å². The highest BCUT2D eigenvalue weighted by Gasteiger charge is 2.10. The lowest BCUT2D eigenvalue weighted by molar-refractivity contribution is -0.140. The van der Waals surface area contributed by atoms with Gasteiger partial charge in [-0.25, -0.2) is 4.79 Å². The van der Waals surface area contributed by atoms with E-state index in [0.29, 0.717) is 18.1 Å². The molecule has 154 valence electrons. The highest BCUT2D eigenvalue weighted by molar-refractivity contribution is 5.86. The summed E-state index contributed by atoms with van der Waals surface area (Å²) in [6, 6.07) is 0. The Balaban J connectivity index is 3.33. The summed E-state index contributed by atoms with van der Waals surface area (Å²) < 4.78 is 5.29. The minimum atomic E-state index is -0.246. The highest BCUT2D eigenvalue weighted by atomic mass is 16.5. The minimum absolute atomic E-state index is 0.246. The van der Waals surface area contributed by atoms with Gasteiger partial charge in [-0.2, -0.15) is 0 Å². The topological polar surface area (TPSA) is 26.3 Å². The van der Waals surface area contributed by atoms with Gasteiger partial charge in [-0.05, 0) is 19.3 Å². The van der Waals surface area contributed by atoms with Crippen LogP contribution in [-0.2, 0) is 9.53 Å². The Kier molecular flexibility index (Phi) is 18.4. The average molecular weight is 367 g/mol. The van der Waals surface area contributed by atoms with Gasteiger partial charge < -0.3 is 4.74 Å². The van der Waals surface area contributed by atoms with E-state index in [1.54, 1.807) is 6.92 Å². The molecule has 0 fully saturated rings. The van der Waals surface area contributed by atoms with Gasteiger partial charge in [-0.3, -0.25) is 0 Å². The molecule has 0 aliphatic rings. The number of esters is 1. The van der Waals surface area contributed by atoms with Crippen molar-refractivity contribution in [1.29, 1.82) is 0 Å². The third-order valence-corrected chi connectivity index (χ3v) is 5.34. The van der Waals surface area contributed by atoms with Crippen molar-refractivity contribution in [2.75, 3.05) is 6.61 Å². The van der Waals surface area contributed by atoms with Gasteiger partial charge in [0, 0.05) is 5.57 Å². The molecule has 1 atom stereocenters. The van der Waals surface area contributed by atoms with E-state index in [0.717, 1.165) is 6.42 Å². The maximum absolute atomic E-state index is 11.4. The SMILES string of the molecule is C=C(C)C(=O)OCC(CC)CCCCCCCCCCCCCCCC. The molecule has 2 heteroatoms. The van der Waals surface area contributed by atoms with Crippen molar-refractivity contribution in [2.24, 2.45) is 5.92 Å². The Morgan fingerprint density at radius 2 is 1.19 bits per heavy atom. The minimum Gasteiger partial charge on any atom is -0.462 e. The molecule has 0 spiro atoms. The lowest BCUT2D eigenvalue weighted by Crippen LogP contribution is -2.14. The summed E-state index contributed by atoms with van der Waals surface area (Å²) in [6.07, 6.45) is 21.8. The van der Waals surface area contributed by atoms with E-state index in [1.807, 2.05) is 0 Å². The van der Waals surface area contributed by atoms with Crippen LogP contribution in [0, 0.1) is 5.92 Å². The van der Waals surface area contributed by atoms with Crippen LogP contribution in [0.5, 0.6) is 0 Å². The average Bonchev–Trinajstić information content (AvgIpc) is 2.64. The second-order valence-corrected chi connectivity index (χ2v) is 8.04. The van der Waals surface area contributed by atoms with Gasteiger partial charge in [0.1, 0.15) is 0 Å². The van der Waals surface area contributed by atoms with Gasteiger partial charge in [0.15, 0.2) is 0 Å². The Hall–Kier alpha value is -0.790. The van der Waals surface area contributed by atoms with Crippen LogP contribution in [0.1, 0.15) is 124 Å². The van der Waals surface area contributed by atoms with Crippen LogP contribution in [0.3, 0.4) is 0 Å². The zero-order valence-electron chi connectivity index (χ0n) is 18.1. The van der Waals surface area contributed by atoms with E-state index in [2.05, 4.69) is 20.4 Å². The summed E-state index contributed by atoms with van der Waals surface area (Å²) in [5.41, 5.74) is 0.497. The molecule has 0 aromatic carbocycles. The van der Waals surface area contributed by atoms with E-state index in [4.69, 9.17) is 4.74 Å². The molecular formula is C24H46O2. The van der Waals surface area contributed by atoms with E-state index in [1.165, 1.54) is 96.3 Å². The summed E-state index contributed by atoms with van der Waals surface area (Å²) in [7, 11) is 0. The largest absolute Gasteiger partial charge is 0.462 e. The predicted octanol–water partition coefficient (Wildman–Crippen LogP) is 8.00. The molecule has 0 rings (SSSR count). The lowest BCUT2D eigenvalue weighted by atomic mass is 9.98. The molecule has 0 bridgehead atoms.